The Morgan fingerprint density at radius 3 is 2.44 bits per heavy atom. The van der Waals surface area contributed by atoms with Crippen LogP contribution in [0.5, 0.6) is 0 Å². The maximum Gasteiger partial charge on any atom is 0.329 e. The second-order valence-corrected chi connectivity index (χ2v) is 10.5. The number of β-amino-alcohol motifs (C(OH)–C–C–N with tert-alkyl or cyclic N) is 1. The number of ether oxygens (including phenoxy) is 1. The van der Waals surface area contributed by atoms with Crippen LogP contribution in [0.3, 0.4) is 0 Å². The molecule has 2 amide bonds. The largest absolute Gasteiger partial charge is 0.467 e. The third-order valence-corrected chi connectivity index (χ3v) is 8.00. The number of aliphatic hydroxyl groups excluding tert-OH is 1. The zero-order chi connectivity index (χ0) is 22.5. The Morgan fingerprint density at radius 1 is 1.19 bits per heavy atom. The van der Waals surface area contributed by atoms with Crippen molar-refractivity contribution in [3.63, 3.8) is 0 Å². The first-order valence-electron chi connectivity index (χ1n) is 11.8. The molecule has 0 aromatic carbocycles. The number of nitrogens with one attached hydrogen (secondary N) is 1. The molecule has 1 aromatic rings. The van der Waals surface area contributed by atoms with E-state index >= 15 is 0 Å². The number of likely N-dealkylation sites (tertiary alicyclic amines) is 1. The lowest BCUT2D eigenvalue weighted by atomic mass is 9.49. The summed E-state index contributed by atoms with van der Waals surface area (Å²) in [4.78, 5) is 40.3. The van der Waals surface area contributed by atoms with Crippen LogP contribution in [0.1, 0.15) is 63.7 Å². The van der Waals surface area contributed by atoms with E-state index in [9.17, 15) is 19.5 Å². The van der Waals surface area contributed by atoms with Gasteiger partial charge >= 0.3 is 5.97 Å². The number of hydrogen-bond donors (Lipinski definition) is 2. The van der Waals surface area contributed by atoms with Crippen molar-refractivity contribution in [2.24, 2.45) is 23.2 Å². The third kappa shape index (κ3) is 3.93. The maximum atomic E-state index is 13.7. The van der Waals surface area contributed by atoms with Crippen LogP contribution in [-0.4, -0.2) is 53.1 Å². The predicted molar refractivity (Wildman–Crippen MR) is 113 cm³/mol. The molecule has 3 atom stereocenters. The van der Waals surface area contributed by atoms with Gasteiger partial charge in [0.15, 0.2) is 6.61 Å². The van der Waals surface area contributed by atoms with E-state index in [0.717, 1.165) is 19.3 Å². The number of carbonyl (C=O) groups is 3. The minimum atomic E-state index is -0.833. The zero-order valence-corrected chi connectivity index (χ0v) is 18.5. The molecule has 5 aliphatic rings. The highest BCUT2D eigenvalue weighted by molar-refractivity contribution is 5.90. The Morgan fingerprint density at radius 2 is 1.84 bits per heavy atom. The summed E-state index contributed by atoms with van der Waals surface area (Å²) in [7, 11) is 0. The number of carbonyl (C=O) groups excluding carboxylic acids is 3. The Balaban J connectivity index is 1.20. The van der Waals surface area contributed by atoms with E-state index in [-0.39, 0.29) is 30.3 Å². The number of amides is 2. The summed E-state index contributed by atoms with van der Waals surface area (Å²) >= 11 is 0. The summed E-state index contributed by atoms with van der Waals surface area (Å²) in [5.74, 6) is 1.39. The molecule has 1 saturated heterocycles. The average Bonchev–Trinajstić information content (AvgIpc) is 3.40. The summed E-state index contributed by atoms with van der Waals surface area (Å²) < 4.78 is 10.5. The third-order valence-electron chi connectivity index (χ3n) is 8.00. The van der Waals surface area contributed by atoms with Gasteiger partial charge in [-0.05, 0) is 75.3 Å². The van der Waals surface area contributed by atoms with Crippen molar-refractivity contribution >= 4 is 17.8 Å². The summed E-state index contributed by atoms with van der Waals surface area (Å²) in [6.07, 6.45) is 7.32. The molecule has 4 saturated carbocycles. The van der Waals surface area contributed by atoms with Crippen LogP contribution < -0.4 is 5.32 Å². The van der Waals surface area contributed by atoms with Crippen molar-refractivity contribution in [1.82, 2.24) is 10.2 Å². The molecular weight excluding hydrogens is 412 g/mol. The summed E-state index contributed by atoms with van der Waals surface area (Å²) in [5.41, 5.74) is -0.382. The highest BCUT2D eigenvalue weighted by Crippen LogP contribution is 2.60. The van der Waals surface area contributed by atoms with Gasteiger partial charge in [0.25, 0.3) is 5.91 Å². The Hall–Kier alpha value is -2.35. The fourth-order valence-corrected chi connectivity index (χ4v) is 7.06. The molecule has 0 unspecified atom stereocenters. The molecule has 2 heterocycles. The first kappa shape index (κ1) is 21.5. The molecule has 0 spiro atoms. The lowest BCUT2D eigenvalue weighted by Crippen LogP contribution is -2.56. The maximum absolute atomic E-state index is 13.7. The molecule has 0 radical (unpaired) electrons. The van der Waals surface area contributed by atoms with Gasteiger partial charge in [-0.3, -0.25) is 9.59 Å². The first-order chi connectivity index (χ1) is 15.3. The summed E-state index contributed by atoms with van der Waals surface area (Å²) in [6, 6.07) is 2.31. The first-order valence-corrected chi connectivity index (χ1v) is 11.8. The van der Waals surface area contributed by atoms with Crippen LogP contribution in [0.4, 0.5) is 0 Å². The molecule has 4 aliphatic carbocycles. The SMILES string of the molecule is C[C@@H](NC(=O)COC(=O)[C@@H]1C[C@H](O)CN1C(=O)C12CC3CC(CC(C3)C1)C2)c1ccco1. The van der Waals surface area contributed by atoms with Crippen LogP contribution in [0.15, 0.2) is 22.8 Å². The monoisotopic (exact) mass is 444 g/mol. The molecule has 1 aliphatic heterocycles. The number of aliphatic hydroxyl groups is 1. The van der Waals surface area contributed by atoms with Crippen LogP contribution in [0.25, 0.3) is 0 Å². The van der Waals surface area contributed by atoms with Gasteiger partial charge in [0.05, 0.1) is 23.8 Å². The number of esters is 1. The predicted octanol–water partition coefficient (Wildman–Crippen LogP) is 2.18. The van der Waals surface area contributed by atoms with Crippen molar-refractivity contribution in [3.8, 4) is 0 Å². The van der Waals surface area contributed by atoms with E-state index in [1.807, 2.05) is 0 Å². The molecule has 6 rings (SSSR count). The molecule has 5 fully saturated rings. The van der Waals surface area contributed by atoms with E-state index in [4.69, 9.17) is 9.15 Å². The van der Waals surface area contributed by atoms with Gasteiger partial charge < -0.3 is 24.5 Å². The van der Waals surface area contributed by atoms with E-state index < -0.39 is 30.6 Å². The van der Waals surface area contributed by atoms with Gasteiger partial charge in [-0.1, -0.05) is 0 Å². The minimum Gasteiger partial charge on any atom is -0.467 e. The molecule has 4 bridgehead atoms. The van der Waals surface area contributed by atoms with Crippen LogP contribution in [0.2, 0.25) is 0 Å². The van der Waals surface area contributed by atoms with Gasteiger partial charge in [0.1, 0.15) is 11.8 Å². The molecule has 1 aromatic heterocycles. The minimum absolute atomic E-state index is 0.00555. The van der Waals surface area contributed by atoms with E-state index in [1.54, 1.807) is 24.0 Å². The van der Waals surface area contributed by atoms with E-state index in [1.165, 1.54) is 25.5 Å². The van der Waals surface area contributed by atoms with E-state index in [2.05, 4.69) is 5.32 Å². The lowest BCUT2D eigenvalue weighted by Gasteiger charge is -2.56. The highest BCUT2D eigenvalue weighted by atomic mass is 16.5. The topological polar surface area (TPSA) is 109 Å². The quantitative estimate of drug-likeness (QED) is 0.651. The molecule has 8 nitrogen and oxygen atoms in total. The van der Waals surface area contributed by atoms with E-state index in [0.29, 0.717) is 23.5 Å². The van der Waals surface area contributed by atoms with Crippen LogP contribution in [0, 0.1) is 23.2 Å². The van der Waals surface area contributed by atoms with Crippen LogP contribution >= 0.6 is 0 Å². The van der Waals surface area contributed by atoms with Gasteiger partial charge in [-0.2, -0.15) is 0 Å². The van der Waals surface area contributed by atoms with Gasteiger partial charge in [0.2, 0.25) is 5.91 Å². The average molecular weight is 445 g/mol. The van der Waals surface area contributed by atoms with Gasteiger partial charge in [-0.25, -0.2) is 4.79 Å². The van der Waals surface area contributed by atoms with Crippen molar-refractivity contribution in [2.75, 3.05) is 13.2 Å². The molecule has 174 valence electrons. The normalized spacial score (nSPS) is 36.2. The second kappa shape index (κ2) is 8.21. The summed E-state index contributed by atoms with van der Waals surface area (Å²) in [5, 5.41) is 13.0. The summed E-state index contributed by atoms with van der Waals surface area (Å²) in [6.45, 7) is 1.50. The Kier molecular flexibility index (Phi) is 5.51. The molecule has 32 heavy (non-hydrogen) atoms. The van der Waals surface area contributed by atoms with Gasteiger partial charge in [0, 0.05) is 13.0 Å². The Labute approximate surface area is 187 Å². The smallest absolute Gasteiger partial charge is 0.329 e. The molecule has 8 heteroatoms. The lowest BCUT2D eigenvalue weighted by molar-refractivity contribution is -0.166. The van der Waals surface area contributed by atoms with Crippen molar-refractivity contribution in [1.29, 1.82) is 0 Å². The Bertz CT molecular complexity index is 846. The second-order valence-electron chi connectivity index (χ2n) is 10.5. The number of furan rings is 1. The molecule has 2 N–H and O–H groups in total. The zero-order valence-electron chi connectivity index (χ0n) is 18.5. The molecular formula is C24H32N2O6. The van der Waals surface area contributed by atoms with Gasteiger partial charge in [-0.15, -0.1) is 0 Å². The van der Waals surface area contributed by atoms with Crippen molar-refractivity contribution < 1.29 is 28.6 Å². The van der Waals surface area contributed by atoms with Crippen molar-refractivity contribution in [2.45, 2.75) is 70.1 Å². The number of rotatable bonds is 6. The number of hydrogen-bond acceptors (Lipinski definition) is 6. The fourth-order valence-electron chi connectivity index (χ4n) is 7.06. The van der Waals surface area contributed by atoms with Crippen molar-refractivity contribution in [3.05, 3.63) is 24.2 Å². The van der Waals surface area contributed by atoms with Crippen LogP contribution in [-0.2, 0) is 19.1 Å². The standard InChI is InChI=1S/C24H32N2O6/c1-14(20-3-2-4-31-20)25-21(28)13-32-22(29)19-8-18(27)12-26(19)23(30)24-9-15-5-16(10-24)7-17(6-15)11-24/h2-4,14-19,27H,5-13H2,1H3,(H,25,28)/t14-,15?,16?,17?,18+,19+,24?/m1/s1. The fraction of sp³-hybridized carbons (Fsp3) is 0.708. The number of nitrogens with zero attached hydrogens (tertiary/aromatic N) is 1. The highest BCUT2D eigenvalue weighted by Gasteiger charge is 2.57.